The van der Waals surface area contributed by atoms with Crippen LogP contribution in [-0.2, 0) is 22.7 Å². The molecule has 1 fully saturated rings. The minimum absolute atomic E-state index is 0.0174. The molecule has 0 amide bonds. The van der Waals surface area contributed by atoms with Crippen molar-refractivity contribution in [1.29, 1.82) is 0 Å². The first-order valence-corrected chi connectivity index (χ1v) is 10.7. The van der Waals surface area contributed by atoms with Gasteiger partial charge in [-0.25, -0.2) is 14.2 Å². The summed E-state index contributed by atoms with van der Waals surface area (Å²) in [5, 5.41) is 9.43. The number of carboxylic acids is 1. The summed E-state index contributed by atoms with van der Waals surface area (Å²) in [5.41, 5.74) is 3.27. The number of ether oxygens (including phenoxy) is 2. The fourth-order valence-electron chi connectivity index (χ4n) is 3.93. The van der Waals surface area contributed by atoms with Gasteiger partial charge in [0.25, 0.3) is 0 Å². The number of rotatable bonds is 8. The summed E-state index contributed by atoms with van der Waals surface area (Å²) in [4.78, 5) is 15.9. The predicted molar refractivity (Wildman–Crippen MR) is 116 cm³/mol. The summed E-state index contributed by atoms with van der Waals surface area (Å²) >= 11 is 0. The first kappa shape index (κ1) is 22.2. The Bertz CT molecular complexity index is 1060. The molecule has 2 atom stereocenters. The van der Waals surface area contributed by atoms with E-state index in [0.717, 1.165) is 31.2 Å². The Kier molecular flexibility index (Phi) is 6.97. The van der Waals surface area contributed by atoms with Gasteiger partial charge in [0.15, 0.2) is 0 Å². The molecule has 3 aromatic rings. The molecule has 1 heterocycles. The summed E-state index contributed by atoms with van der Waals surface area (Å²) in [7, 11) is 0. The summed E-state index contributed by atoms with van der Waals surface area (Å²) in [6.45, 7) is 2.46. The van der Waals surface area contributed by atoms with Gasteiger partial charge in [-0.1, -0.05) is 17.7 Å². The molecule has 1 N–H and O–H groups in total. The van der Waals surface area contributed by atoms with Gasteiger partial charge < -0.3 is 19.0 Å². The van der Waals surface area contributed by atoms with Crippen molar-refractivity contribution >= 4 is 5.97 Å². The van der Waals surface area contributed by atoms with Crippen LogP contribution in [0.5, 0.6) is 0 Å². The van der Waals surface area contributed by atoms with Crippen LogP contribution in [0.4, 0.5) is 4.39 Å². The van der Waals surface area contributed by atoms with Crippen molar-refractivity contribution in [2.75, 3.05) is 0 Å². The van der Waals surface area contributed by atoms with E-state index in [1.807, 2.05) is 19.1 Å². The smallest absolute Gasteiger partial charge is 0.336 e. The molecule has 1 saturated carbocycles. The van der Waals surface area contributed by atoms with E-state index in [4.69, 9.17) is 13.9 Å². The number of nitrogens with zero attached hydrogens (tertiary/aromatic N) is 1. The van der Waals surface area contributed by atoms with E-state index < -0.39 is 5.97 Å². The van der Waals surface area contributed by atoms with Crippen LogP contribution in [0.3, 0.4) is 0 Å². The number of hydrogen-bond donors (Lipinski definition) is 1. The second-order valence-electron chi connectivity index (χ2n) is 8.15. The molecular formula is C25H26FNO5. The summed E-state index contributed by atoms with van der Waals surface area (Å²) in [6, 6.07) is 11.4. The summed E-state index contributed by atoms with van der Waals surface area (Å²) in [5.74, 6) is -0.815. The Labute approximate surface area is 186 Å². The van der Waals surface area contributed by atoms with Gasteiger partial charge in [-0.05, 0) is 68.5 Å². The summed E-state index contributed by atoms with van der Waals surface area (Å²) < 4.78 is 30.7. The van der Waals surface area contributed by atoms with Crippen molar-refractivity contribution in [2.45, 2.75) is 58.0 Å². The SMILES string of the molecule is Cc1ccc(CO[C@H]2CCC[C@@H](OCc3coc(-c4ccc(F)cc4)n3)C2)c(C(=O)O)c1. The molecule has 2 aromatic carbocycles. The Morgan fingerprint density at radius 1 is 1.12 bits per heavy atom. The Balaban J connectivity index is 1.29. The van der Waals surface area contributed by atoms with Crippen molar-refractivity contribution < 1.29 is 28.2 Å². The quantitative estimate of drug-likeness (QED) is 0.497. The zero-order chi connectivity index (χ0) is 22.5. The van der Waals surface area contributed by atoms with Gasteiger partial charge in [-0.2, -0.15) is 0 Å². The van der Waals surface area contributed by atoms with E-state index in [2.05, 4.69) is 4.98 Å². The number of halogens is 1. The van der Waals surface area contributed by atoms with Gasteiger partial charge in [-0.3, -0.25) is 0 Å². The molecule has 1 aliphatic carbocycles. The van der Waals surface area contributed by atoms with E-state index in [-0.39, 0.29) is 30.2 Å². The lowest BCUT2D eigenvalue weighted by atomic mass is 9.94. The standard InChI is InChI=1S/C25H26FNO5/c1-16-5-6-18(23(11-16)25(28)29)13-30-21-3-2-4-22(12-21)31-14-20-15-32-24(27-20)17-7-9-19(26)10-8-17/h5-11,15,21-22H,2-4,12-14H2,1H3,(H,28,29)/t21-,22+/m0/s1. The fraction of sp³-hybridized carbons (Fsp3) is 0.360. The molecular weight excluding hydrogens is 413 g/mol. The third-order valence-electron chi connectivity index (χ3n) is 5.66. The topological polar surface area (TPSA) is 81.8 Å². The third-order valence-corrected chi connectivity index (χ3v) is 5.66. The maximum Gasteiger partial charge on any atom is 0.336 e. The first-order valence-electron chi connectivity index (χ1n) is 10.7. The second kappa shape index (κ2) is 10.1. The van der Waals surface area contributed by atoms with Crippen LogP contribution in [0.1, 0.15) is 52.9 Å². The van der Waals surface area contributed by atoms with E-state index in [0.29, 0.717) is 29.3 Å². The van der Waals surface area contributed by atoms with Crippen LogP contribution in [-0.4, -0.2) is 28.3 Å². The molecule has 0 spiro atoms. The molecule has 0 unspecified atom stereocenters. The molecule has 168 valence electrons. The molecule has 6 nitrogen and oxygen atoms in total. The van der Waals surface area contributed by atoms with E-state index in [1.54, 1.807) is 24.5 Å². The molecule has 32 heavy (non-hydrogen) atoms. The number of carboxylic acid groups (broad SMARTS) is 1. The molecule has 1 aromatic heterocycles. The Morgan fingerprint density at radius 3 is 2.56 bits per heavy atom. The number of aromatic nitrogens is 1. The van der Waals surface area contributed by atoms with Crippen LogP contribution in [0.25, 0.3) is 11.5 Å². The van der Waals surface area contributed by atoms with Crippen molar-refractivity contribution in [3.63, 3.8) is 0 Å². The maximum atomic E-state index is 13.1. The minimum atomic E-state index is -0.940. The molecule has 1 aliphatic rings. The van der Waals surface area contributed by atoms with Gasteiger partial charge in [-0.15, -0.1) is 0 Å². The minimum Gasteiger partial charge on any atom is -0.478 e. The number of aromatic carboxylic acids is 1. The van der Waals surface area contributed by atoms with Gasteiger partial charge in [0.2, 0.25) is 5.89 Å². The van der Waals surface area contributed by atoms with Crippen LogP contribution in [0.15, 0.2) is 53.1 Å². The molecule has 0 saturated heterocycles. The largest absolute Gasteiger partial charge is 0.478 e. The zero-order valence-electron chi connectivity index (χ0n) is 17.9. The first-order chi connectivity index (χ1) is 15.5. The van der Waals surface area contributed by atoms with Crippen molar-refractivity contribution in [3.05, 3.63) is 76.9 Å². The Hall–Kier alpha value is -3.03. The van der Waals surface area contributed by atoms with Crippen molar-refractivity contribution in [3.8, 4) is 11.5 Å². The predicted octanol–water partition coefficient (Wildman–Crippen LogP) is 5.53. The van der Waals surface area contributed by atoms with E-state index in [1.165, 1.54) is 12.1 Å². The zero-order valence-corrected chi connectivity index (χ0v) is 17.9. The monoisotopic (exact) mass is 439 g/mol. The number of oxazole rings is 1. The van der Waals surface area contributed by atoms with Crippen LogP contribution >= 0.6 is 0 Å². The van der Waals surface area contributed by atoms with Crippen LogP contribution in [0.2, 0.25) is 0 Å². The average Bonchev–Trinajstić information content (AvgIpc) is 3.26. The van der Waals surface area contributed by atoms with Gasteiger partial charge in [0, 0.05) is 5.56 Å². The van der Waals surface area contributed by atoms with Crippen molar-refractivity contribution in [2.24, 2.45) is 0 Å². The highest BCUT2D eigenvalue weighted by molar-refractivity contribution is 5.89. The second-order valence-corrected chi connectivity index (χ2v) is 8.15. The molecule has 7 heteroatoms. The van der Waals surface area contributed by atoms with Gasteiger partial charge in [0.1, 0.15) is 17.8 Å². The lowest BCUT2D eigenvalue weighted by molar-refractivity contribution is -0.0563. The maximum absolute atomic E-state index is 13.1. The third kappa shape index (κ3) is 5.60. The van der Waals surface area contributed by atoms with Crippen LogP contribution < -0.4 is 0 Å². The lowest BCUT2D eigenvalue weighted by Gasteiger charge is -2.29. The molecule has 0 aliphatic heterocycles. The van der Waals surface area contributed by atoms with E-state index in [9.17, 15) is 14.3 Å². The fourth-order valence-corrected chi connectivity index (χ4v) is 3.93. The Morgan fingerprint density at radius 2 is 1.84 bits per heavy atom. The molecule has 0 radical (unpaired) electrons. The summed E-state index contributed by atoms with van der Waals surface area (Å²) in [6.07, 6.45) is 5.20. The molecule has 4 rings (SSSR count). The van der Waals surface area contributed by atoms with Crippen molar-refractivity contribution in [1.82, 2.24) is 4.98 Å². The number of hydrogen-bond acceptors (Lipinski definition) is 5. The normalized spacial score (nSPS) is 18.6. The average molecular weight is 439 g/mol. The highest BCUT2D eigenvalue weighted by atomic mass is 19.1. The highest BCUT2D eigenvalue weighted by Gasteiger charge is 2.24. The van der Waals surface area contributed by atoms with E-state index >= 15 is 0 Å². The highest BCUT2D eigenvalue weighted by Crippen LogP contribution is 2.26. The number of benzene rings is 2. The lowest BCUT2D eigenvalue weighted by Crippen LogP contribution is -2.28. The van der Waals surface area contributed by atoms with Gasteiger partial charge in [0.05, 0.1) is 31.0 Å². The molecule has 0 bridgehead atoms. The van der Waals surface area contributed by atoms with Crippen LogP contribution in [0, 0.1) is 12.7 Å². The number of aryl methyl sites for hydroxylation is 1. The van der Waals surface area contributed by atoms with Gasteiger partial charge >= 0.3 is 5.97 Å². The number of carbonyl (C=O) groups is 1.